The van der Waals surface area contributed by atoms with Crippen LogP contribution in [0.3, 0.4) is 0 Å². The zero-order valence-corrected chi connectivity index (χ0v) is 19.0. The van der Waals surface area contributed by atoms with Gasteiger partial charge >= 0.3 is 5.97 Å². The number of hydrogen-bond acceptors (Lipinski definition) is 5. The number of carbonyl (C=O) groups is 1. The van der Waals surface area contributed by atoms with Crippen LogP contribution in [0.15, 0.2) is 36.5 Å². The Balaban J connectivity index is 1.67. The molecule has 0 saturated carbocycles. The molecule has 0 amide bonds. The van der Waals surface area contributed by atoms with Crippen molar-refractivity contribution in [1.82, 2.24) is 24.6 Å². The summed E-state index contributed by atoms with van der Waals surface area (Å²) in [6.07, 6.45) is 3.29. The minimum absolute atomic E-state index is 0.0482. The van der Waals surface area contributed by atoms with Gasteiger partial charge in [0.15, 0.2) is 11.6 Å². The second-order valence-electron chi connectivity index (χ2n) is 8.47. The van der Waals surface area contributed by atoms with Crippen LogP contribution in [0.2, 0.25) is 0 Å². The van der Waals surface area contributed by atoms with Crippen LogP contribution in [0, 0.1) is 5.82 Å². The second-order valence-corrected chi connectivity index (χ2v) is 8.47. The standard InChI is InChI=1S/C25H26FN5O3/c1-3-11-30-21-19(29-24(30)25(33)34)9-10-27-23(21)31-20-12-14(5-6-15(20)13-28-31)17-7-8-18(26)22(32)16(17)4-2/h5-8,12-13,23,27,32H,3-4,9-11H2,1-2H3,(H,33,34)/t23-/m0/s1. The van der Waals surface area contributed by atoms with Gasteiger partial charge in [-0.15, -0.1) is 0 Å². The van der Waals surface area contributed by atoms with Gasteiger partial charge in [0.2, 0.25) is 5.82 Å². The first-order chi connectivity index (χ1) is 16.4. The molecule has 1 atom stereocenters. The van der Waals surface area contributed by atoms with E-state index in [0.29, 0.717) is 31.5 Å². The summed E-state index contributed by atoms with van der Waals surface area (Å²) in [5, 5.41) is 29.0. The van der Waals surface area contributed by atoms with E-state index < -0.39 is 11.8 Å². The fourth-order valence-electron chi connectivity index (χ4n) is 4.89. The first-order valence-electron chi connectivity index (χ1n) is 11.5. The lowest BCUT2D eigenvalue weighted by atomic mass is 9.96. The maximum atomic E-state index is 14.0. The molecule has 1 aliphatic heterocycles. The Morgan fingerprint density at radius 3 is 2.82 bits per heavy atom. The van der Waals surface area contributed by atoms with Gasteiger partial charge in [-0.3, -0.25) is 5.32 Å². The van der Waals surface area contributed by atoms with Gasteiger partial charge < -0.3 is 14.8 Å². The maximum Gasteiger partial charge on any atom is 0.372 e. The average molecular weight is 464 g/mol. The summed E-state index contributed by atoms with van der Waals surface area (Å²) >= 11 is 0. The molecule has 3 heterocycles. The van der Waals surface area contributed by atoms with Gasteiger partial charge in [-0.25, -0.2) is 18.9 Å². The molecule has 2 aromatic heterocycles. The Morgan fingerprint density at radius 2 is 2.09 bits per heavy atom. The van der Waals surface area contributed by atoms with E-state index in [4.69, 9.17) is 0 Å². The van der Waals surface area contributed by atoms with Gasteiger partial charge in [-0.05, 0) is 36.1 Å². The lowest BCUT2D eigenvalue weighted by Gasteiger charge is -2.27. The summed E-state index contributed by atoms with van der Waals surface area (Å²) in [5.41, 5.74) is 4.58. The summed E-state index contributed by atoms with van der Waals surface area (Å²) in [5.74, 6) is -1.95. The third-order valence-electron chi connectivity index (χ3n) is 6.42. The number of rotatable bonds is 6. The van der Waals surface area contributed by atoms with Crippen molar-refractivity contribution in [1.29, 1.82) is 0 Å². The summed E-state index contributed by atoms with van der Waals surface area (Å²) in [6, 6.07) is 8.82. The van der Waals surface area contributed by atoms with Gasteiger partial charge in [-0.2, -0.15) is 5.10 Å². The number of aromatic hydroxyl groups is 1. The molecule has 1 aliphatic rings. The minimum Gasteiger partial charge on any atom is -0.505 e. The first kappa shape index (κ1) is 22.1. The molecule has 0 unspecified atom stereocenters. The molecule has 4 aromatic rings. The summed E-state index contributed by atoms with van der Waals surface area (Å²) < 4.78 is 17.6. The van der Waals surface area contributed by atoms with Crippen LogP contribution >= 0.6 is 0 Å². The Kier molecular flexibility index (Phi) is 5.57. The molecule has 2 aromatic carbocycles. The molecule has 3 N–H and O–H groups in total. The molecular weight excluding hydrogens is 437 g/mol. The number of nitrogens with zero attached hydrogens (tertiary/aromatic N) is 4. The van der Waals surface area contributed by atoms with E-state index in [2.05, 4.69) is 15.4 Å². The normalized spacial score (nSPS) is 15.6. The van der Waals surface area contributed by atoms with Crippen molar-refractivity contribution in [2.24, 2.45) is 0 Å². The molecular formula is C25H26FN5O3. The van der Waals surface area contributed by atoms with E-state index in [9.17, 15) is 19.4 Å². The van der Waals surface area contributed by atoms with Crippen molar-refractivity contribution in [3.8, 4) is 16.9 Å². The molecule has 5 rings (SSSR count). The Bertz CT molecular complexity index is 1410. The van der Waals surface area contributed by atoms with E-state index in [0.717, 1.165) is 39.8 Å². The highest BCUT2D eigenvalue weighted by Gasteiger charge is 2.32. The van der Waals surface area contributed by atoms with Crippen LogP contribution in [0.5, 0.6) is 5.75 Å². The van der Waals surface area contributed by atoms with Crippen molar-refractivity contribution < 1.29 is 19.4 Å². The molecule has 176 valence electrons. The van der Waals surface area contributed by atoms with Crippen molar-refractivity contribution in [2.75, 3.05) is 6.54 Å². The fourth-order valence-corrected chi connectivity index (χ4v) is 4.89. The Labute approximate surface area is 195 Å². The highest BCUT2D eigenvalue weighted by molar-refractivity contribution is 5.86. The second kappa shape index (κ2) is 8.57. The maximum absolute atomic E-state index is 14.0. The van der Waals surface area contributed by atoms with Gasteiger partial charge in [0.05, 0.1) is 23.1 Å². The smallest absolute Gasteiger partial charge is 0.372 e. The molecule has 0 bridgehead atoms. The molecule has 0 fully saturated rings. The molecule has 9 heteroatoms. The quantitative estimate of drug-likeness (QED) is 0.398. The predicted octanol–water partition coefficient (Wildman–Crippen LogP) is 4.11. The van der Waals surface area contributed by atoms with Crippen LogP contribution in [0.1, 0.15) is 54.0 Å². The number of aromatic carboxylic acids is 1. The van der Waals surface area contributed by atoms with E-state index in [1.807, 2.05) is 36.7 Å². The van der Waals surface area contributed by atoms with E-state index in [1.165, 1.54) is 6.07 Å². The van der Waals surface area contributed by atoms with Crippen LogP contribution in [-0.4, -0.2) is 42.1 Å². The number of halogens is 1. The van der Waals surface area contributed by atoms with Gasteiger partial charge in [0, 0.05) is 30.5 Å². The number of carboxylic acids is 1. The van der Waals surface area contributed by atoms with Gasteiger partial charge in [-0.1, -0.05) is 32.0 Å². The van der Waals surface area contributed by atoms with Crippen LogP contribution in [0.4, 0.5) is 4.39 Å². The summed E-state index contributed by atoms with van der Waals surface area (Å²) in [6.45, 7) is 5.07. The molecule has 0 radical (unpaired) electrons. The number of hydrogen-bond donors (Lipinski definition) is 3. The average Bonchev–Trinajstić information content (AvgIpc) is 3.42. The zero-order valence-electron chi connectivity index (χ0n) is 19.0. The highest BCUT2D eigenvalue weighted by Crippen LogP contribution is 2.35. The van der Waals surface area contributed by atoms with Gasteiger partial charge in [0.1, 0.15) is 6.17 Å². The summed E-state index contributed by atoms with van der Waals surface area (Å²) in [4.78, 5) is 16.3. The number of imidazole rings is 1. The van der Waals surface area contributed by atoms with E-state index in [1.54, 1.807) is 16.8 Å². The number of fused-ring (bicyclic) bond motifs is 2. The van der Waals surface area contributed by atoms with E-state index in [-0.39, 0.29) is 17.7 Å². The third-order valence-corrected chi connectivity index (χ3v) is 6.42. The van der Waals surface area contributed by atoms with Crippen molar-refractivity contribution >= 4 is 16.9 Å². The van der Waals surface area contributed by atoms with E-state index >= 15 is 0 Å². The Morgan fingerprint density at radius 1 is 1.26 bits per heavy atom. The zero-order chi connectivity index (χ0) is 24.0. The summed E-state index contributed by atoms with van der Waals surface area (Å²) in [7, 11) is 0. The molecule has 34 heavy (non-hydrogen) atoms. The number of nitrogens with one attached hydrogen (secondary N) is 1. The third kappa shape index (κ3) is 3.43. The number of carboxylic acid groups (broad SMARTS) is 1. The van der Waals surface area contributed by atoms with Gasteiger partial charge in [0.25, 0.3) is 0 Å². The molecule has 8 nitrogen and oxygen atoms in total. The number of aromatic nitrogens is 4. The highest BCUT2D eigenvalue weighted by atomic mass is 19.1. The Hall–Kier alpha value is -3.72. The van der Waals surface area contributed by atoms with Crippen molar-refractivity contribution in [3.05, 3.63) is 65.1 Å². The largest absolute Gasteiger partial charge is 0.505 e. The minimum atomic E-state index is -1.04. The number of benzene rings is 2. The van der Waals surface area contributed by atoms with Crippen LogP contribution in [0.25, 0.3) is 22.0 Å². The lowest BCUT2D eigenvalue weighted by Crippen LogP contribution is -2.36. The van der Waals surface area contributed by atoms with Crippen LogP contribution in [-0.2, 0) is 19.4 Å². The number of phenolic OH excluding ortho intramolecular Hbond substituents is 1. The topological polar surface area (TPSA) is 105 Å². The first-order valence-corrected chi connectivity index (χ1v) is 11.5. The number of phenols is 1. The molecule has 0 aliphatic carbocycles. The SMILES string of the molecule is CCCn1c(C(=O)O)nc2c1[C@H](n1ncc3ccc(-c4ccc(F)c(O)c4CC)cc31)NCC2. The van der Waals surface area contributed by atoms with Crippen molar-refractivity contribution in [2.45, 2.75) is 45.8 Å². The van der Waals surface area contributed by atoms with Crippen molar-refractivity contribution in [3.63, 3.8) is 0 Å². The monoisotopic (exact) mass is 463 g/mol. The molecule has 0 saturated heterocycles. The predicted molar refractivity (Wildman–Crippen MR) is 125 cm³/mol. The lowest BCUT2D eigenvalue weighted by molar-refractivity contribution is 0.0677. The van der Waals surface area contributed by atoms with Crippen LogP contribution < -0.4 is 5.32 Å². The molecule has 0 spiro atoms. The fraction of sp³-hybridized carbons (Fsp3) is 0.320.